The van der Waals surface area contributed by atoms with E-state index in [1.165, 1.54) is 31.6 Å². The van der Waals surface area contributed by atoms with Crippen molar-refractivity contribution in [1.82, 2.24) is 9.78 Å². The maximum absolute atomic E-state index is 4.27. The van der Waals surface area contributed by atoms with Gasteiger partial charge in [0, 0.05) is 25.0 Å². The van der Waals surface area contributed by atoms with Crippen LogP contribution in [0.5, 0.6) is 0 Å². The molecule has 2 heterocycles. The highest BCUT2D eigenvalue weighted by atomic mass is 79.9. The van der Waals surface area contributed by atoms with E-state index in [1.54, 1.807) is 6.20 Å². The van der Waals surface area contributed by atoms with Crippen molar-refractivity contribution in [3.63, 3.8) is 0 Å². The van der Waals surface area contributed by atoms with Crippen molar-refractivity contribution in [1.29, 1.82) is 0 Å². The number of benzene rings is 1. The Bertz CT molecular complexity index is 498. The van der Waals surface area contributed by atoms with Gasteiger partial charge in [-0.05, 0) is 53.0 Å². The molecule has 1 saturated heterocycles. The van der Waals surface area contributed by atoms with Crippen LogP contribution in [-0.2, 0) is 0 Å². The maximum Gasteiger partial charge on any atom is 0.0647 e. The predicted molar refractivity (Wildman–Crippen MR) is 72.7 cm³/mol. The number of nitrogens with zero attached hydrogens (tertiary/aromatic N) is 3. The van der Waals surface area contributed by atoms with Crippen LogP contribution in [0, 0.1) is 0 Å². The van der Waals surface area contributed by atoms with E-state index in [9.17, 15) is 0 Å². The van der Waals surface area contributed by atoms with Crippen LogP contribution in [0.3, 0.4) is 0 Å². The zero-order valence-corrected chi connectivity index (χ0v) is 11.1. The summed E-state index contributed by atoms with van der Waals surface area (Å²) >= 11 is 3.41. The first-order chi connectivity index (χ1) is 8.33. The Balaban J connectivity index is 1.84. The van der Waals surface area contributed by atoms with Crippen LogP contribution in [-0.4, -0.2) is 22.9 Å². The lowest BCUT2D eigenvalue weighted by Gasteiger charge is -2.17. The fraction of sp³-hybridized carbons (Fsp3) is 0.308. The molecule has 1 aromatic heterocycles. The predicted octanol–water partition coefficient (Wildman–Crippen LogP) is 3.24. The van der Waals surface area contributed by atoms with Crippen molar-refractivity contribution < 1.29 is 0 Å². The quantitative estimate of drug-likeness (QED) is 0.847. The molecule has 0 bridgehead atoms. The summed E-state index contributed by atoms with van der Waals surface area (Å²) in [5, 5.41) is 4.27. The van der Waals surface area contributed by atoms with Crippen molar-refractivity contribution in [3.05, 3.63) is 41.1 Å². The van der Waals surface area contributed by atoms with E-state index in [1.807, 2.05) is 10.9 Å². The van der Waals surface area contributed by atoms with E-state index in [2.05, 4.69) is 50.2 Å². The van der Waals surface area contributed by atoms with Crippen molar-refractivity contribution in [2.45, 2.75) is 12.8 Å². The molecule has 3 rings (SSSR count). The molecule has 2 aromatic rings. The SMILES string of the molecule is Brc1cnn(-c2ccc(N3CCCC3)cc2)c1. The fourth-order valence-corrected chi connectivity index (χ4v) is 2.52. The third-order valence-electron chi connectivity index (χ3n) is 3.14. The smallest absolute Gasteiger partial charge is 0.0647 e. The van der Waals surface area contributed by atoms with Crippen LogP contribution in [0.2, 0.25) is 0 Å². The van der Waals surface area contributed by atoms with Gasteiger partial charge in [-0.1, -0.05) is 0 Å². The molecule has 0 amide bonds. The number of aromatic nitrogens is 2. The molecule has 0 N–H and O–H groups in total. The largest absolute Gasteiger partial charge is 0.372 e. The van der Waals surface area contributed by atoms with Gasteiger partial charge < -0.3 is 4.90 Å². The average Bonchev–Trinajstić information content (AvgIpc) is 3.00. The lowest BCUT2D eigenvalue weighted by molar-refractivity contribution is 0.878. The van der Waals surface area contributed by atoms with Crippen molar-refractivity contribution in [2.24, 2.45) is 0 Å². The summed E-state index contributed by atoms with van der Waals surface area (Å²) in [4.78, 5) is 2.43. The Labute approximate surface area is 109 Å². The highest BCUT2D eigenvalue weighted by Gasteiger charge is 2.11. The van der Waals surface area contributed by atoms with E-state index >= 15 is 0 Å². The van der Waals surface area contributed by atoms with E-state index in [4.69, 9.17) is 0 Å². The first-order valence-electron chi connectivity index (χ1n) is 5.88. The van der Waals surface area contributed by atoms with Gasteiger partial charge in [-0.2, -0.15) is 5.10 Å². The van der Waals surface area contributed by atoms with Gasteiger partial charge in [-0.15, -0.1) is 0 Å². The van der Waals surface area contributed by atoms with Gasteiger partial charge in [-0.25, -0.2) is 4.68 Å². The Hall–Kier alpha value is -1.29. The molecule has 0 atom stereocenters. The van der Waals surface area contributed by atoms with Gasteiger partial charge in [0.05, 0.1) is 16.4 Å². The highest BCUT2D eigenvalue weighted by Crippen LogP contribution is 2.22. The Morgan fingerprint density at radius 2 is 1.65 bits per heavy atom. The minimum absolute atomic E-state index is 1.00. The summed E-state index contributed by atoms with van der Waals surface area (Å²) in [6, 6.07) is 8.59. The van der Waals surface area contributed by atoms with E-state index in [0.717, 1.165) is 10.2 Å². The van der Waals surface area contributed by atoms with Gasteiger partial charge in [0.25, 0.3) is 0 Å². The monoisotopic (exact) mass is 291 g/mol. The zero-order valence-electron chi connectivity index (χ0n) is 9.51. The molecule has 88 valence electrons. The first-order valence-corrected chi connectivity index (χ1v) is 6.68. The van der Waals surface area contributed by atoms with Crippen LogP contribution in [0.4, 0.5) is 5.69 Å². The lowest BCUT2D eigenvalue weighted by Crippen LogP contribution is -2.17. The number of hydrogen-bond acceptors (Lipinski definition) is 2. The molecular weight excluding hydrogens is 278 g/mol. The summed E-state index contributed by atoms with van der Waals surface area (Å²) in [5.74, 6) is 0. The Morgan fingerprint density at radius 1 is 1.00 bits per heavy atom. The topological polar surface area (TPSA) is 21.1 Å². The maximum atomic E-state index is 4.27. The van der Waals surface area contributed by atoms with E-state index in [0.29, 0.717) is 0 Å². The standard InChI is InChI=1S/C13H14BrN3/c14-11-9-15-17(10-11)13-5-3-12(4-6-13)16-7-1-2-8-16/h3-6,9-10H,1-2,7-8H2. The molecule has 0 aliphatic carbocycles. The van der Waals surface area contributed by atoms with Gasteiger partial charge in [0.15, 0.2) is 0 Å². The summed E-state index contributed by atoms with van der Waals surface area (Å²) in [7, 11) is 0. The number of rotatable bonds is 2. The molecule has 3 nitrogen and oxygen atoms in total. The van der Waals surface area contributed by atoms with Gasteiger partial charge in [0.1, 0.15) is 0 Å². The molecule has 17 heavy (non-hydrogen) atoms. The van der Waals surface area contributed by atoms with Crippen LogP contribution < -0.4 is 4.90 Å². The molecule has 1 aliphatic heterocycles. The van der Waals surface area contributed by atoms with Crippen LogP contribution >= 0.6 is 15.9 Å². The lowest BCUT2D eigenvalue weighted by atomic mass is 10.2. The number of anilines is 1. The molecule has 1 aromatic carbocycles. The van der Waals surface area contributed by atoms with E-state index in [-0.39, 0.29) is 0 Å². The van der Waals surface area contributed by atoms with Crippen LogP contribution in [0.1, 0.15) is 12.8 Å². The normalized spacial score (nSPS) is 15.5. The second kappa shape index (κ2) is 4.53. The fourth-order valence-electron chi connectivity index (χ4n) is 2.23. The molecule has 4 heteroatoms. The van der Waals surface area contributed by atoms with Gasteiger partial charge in [0.2, 0.25) is 0 Å². The molecule has 1 fully saturated rings. The molecule has 1 aliphatic rings. The number of halogens is 1. The van der Waals surface area contributed by atoms with Crippen LogP contribution in [0.15, 0.2) is 41.1 Å². The minimum Gasteiger partial charge on any atom is -0.372 e. The summed E-state index contributed by atoms with van der Waals surface area (Å²) in [5.41, 5.74) is 2.41. The molecule has 0 saturated carbocycles. The first kappa shape index (κ1) is 10.8. The van der Waals surface area contributed by atoms with Gasteiger partial charge >= 0.3 is 0 Å². The Kier molecular flexibility index (Phi) is 2.89. The van der Waals surface area contributed by atoms with Crippen molar-refractivity contribution in [3.8, 4) is 5.69 Å². The number of hydrogen-bond donors (Lipinski definition) is 0. The Morgan fingerprint density at radius 3 is 2.24 bits per heavy atom. The van der Waals surface area contributed by atoms with E-state index < -0.39 is 0 Å². The molecule has 0 spiro atoms. The van der Waals surface area contributed by atoms with Gasteiger partial charge in [-0.3, -0.25) is 0 Å². The third kappa shape index (κ3) is 2.22. The molecule has 0 radical (unpaired) electrons. The third-order valence-corrected chi connectivity index (χ3v) is 3.55. The van der Waals surface area contributed by atoms with Crippen molar-refractivity contribution >= 4 is 21.6 Å². The minimum atomic E-state index is 1.00. The van der Waals surface area contributed by atoms with Crippen molar-refractivity contribution in [2.75, 3.05) is 18.0 Å². The second-order valence-corrected chi connectivity index (χ2v) is 5.23. The van der Waals surface area contributed by atoms with Crippen LogP contribution in [0.25, 0.3) is 5.69 Å². The average molecular weight is 292 g/mol. The second-order valence-electron chi connectivity index (χ2n) is 4.31. The molecule has 0 unspecified atom stereocenters. The summed E-state index contributed by atoms with van der Waals surface area (Å²) in [6.45, 7) is 2.37. The summed E-state index contributed by atoms with van der Waals surface area (Å²) < 4.78 is 2.87. The molecular formula is C13H14BrN3. The highest BCUT2D eigenvalue weighted by molar-refractivity contribution is 9.10. The summed E-state index contributed by atoms with van der Waals surface area (Å²) in [6.07, 6.45) is 6.39. The zero-order chi connectivity index (χ0) is 11.7.